The van der Waals surface area contributed by atoms with Gasteiger partial charge >= 0.3 is 255 Å². The first-order valence-electron chi connectivity index (χ1n) is 18.0. The molecule has 4 aromatic carbocycles. The van der Waals surface area contributed by atoms with Crippen LogP contribution >= 0.6 is 0 Å². The molecule has 4 aromatic rings. The van der Waals surface area contributed by atoms with Crippen LogP contribution in [0.15, 0.2) is 96.1 Å². The van der Waals surface area contributed by atoms with E-state index in [-0.39, 0.29) is 0 Å². The fourth-order valence-electron chi connectivity index (χ4n) is 8.76. The maximum absolute atomic E-state index is 2.61. The molecule has 1 heterocycles. The van der Waals surface area contributed by atoms with Crippen LogP contribution in [0.25, 0.3) is 34.1 Å². The number of hydrogen-bond donors (Lipinski definition) is 0. The van der Waals surface area contributed by atoms with Crippen molar-refractivity contribution in [2.75, 3.05) is 0 Å². The van der Waals surface area contributed by atoms with E-state index < -0.39 is 23.2 Å². The Kier molecular flexibility index (Phi) is 10.9. The Balaban J connectivity index is 0.000000652. The van der Waals surface area contributed by atoms with E-state index in [1.165, 1.54) is 62.8 Å². The zero-order valence-corrected chi connectivity index (χ0v) is 32.0. The van der Waals surface area contributed by atoms with Gasteiger partial charge in [-0.3, -0.25) is 0 Å². The van der Waals surface area contributed by atoms with Gasteiger partial charge in [0.2, 0.25) is 0 Å². The van der Waals surface area contributed by atoms with E-state index in [0.717, 1.165) is 6.42 Å². The zero-order chi connectivity index (χ0) is 31.2. The summed E-state index contributed by atoms with van der Waals surface area (Å²) in [6, 6.07) is 35.4. The molecule has 3 aliphatic rings. The Labute approximate surface area is 287 Å². The molecule has 2 heteroatoms. The van der Waals surface area contributed by atoms with Crippen LogP contribution in [0.2, 0.25) is 19.3 Å². The summed E-state index contributed by atoms with van der Waals surface area (Å²) in [6.45, 7) is 9.67. The van der Waals surface area contributed by atoms with Crippen molar-refractivity contribution in [1.82, 2.24) is 0 Å². The molecule has 3 atom stereocenters. The molecule has 1 fully saturated rings. The molecule has 0 saturated carbocycles. The number of fused-ring (bicyclic) bond motifs is 4. The van der Waals surface area contributed by atoms with Crippen LogP contribution in [0.1, 0.15) is 107 Å². The van der Waals surface area contributed by atoms with Crippen LogP contribution in [0.4, 0.5) is 0 Å². The third kappa shape index (κ3) is 6.49. The second kappa shape index (κ2) is 15.1. The Bertz CT molecular complexity index is 1650. The fraction of sp³-hybridized carbons (Fsp3) is 0.395. The monoisotopic (exact) mass is 686 g/mol. The molecule has 0 nitrogen and oxygen atoms in total. The van der Waals surface area contributed by atoms with Crippen molar-refractivity contribution in [3.63, 3.8) is 0 Å². The molecular formula is C43H52SiZr. The molecule has 0 aromatic heterocycles. The molecule has 0 amide bonds. The first-order valence-corrected chi connectivity index (χ1v) is 22.9. The molecular weight excluding hydrogens is 636 g/mol. The normalized spacial score (nSPS) is 19.6. The van der Waals surface area contributed by atoms with E-state index in [9.17, 15) is 0 Å². The summed E-state index contributed by atoms with van der Waals surface area (Å²) in [5, 5.41) is 2.79. The van der Waals surface area contributed by atoms with Gasteiger partial charge in [0.05, 0.1) is 0 Å². The topological polar surface area (TPSA) is 0 Å². The van der Waals surface area contributed by atoms with Crippen LogP contribution in [-0.2, 0) is 23.2 Å². The molecule has 0 spiro atoms. The molecule has 0 N–H and O–H groups in total. The molecule has 2 aliphatic carbocycles. The van der Waals surface area contributed by atoms with Gasteiger partial charge in [0.1, 0.15) is 0 Å². The third-order valence-electron chi connectivity index (χ3n) is 10.7. The number of unbranched alkanes of at least 4 members (excludes halogenated alkanes) is 1. The summed E-state index contributed by atoms with van der Waals surface area (Å²) >= 11 is -0.802. The molecule has 7 rings (SSSR count). The second-order valence-corrected chi connectivity index (χ2v) is 20.1. The fourth-order valence-corrected chi connectivity index (χ4v) is 16.8. The quantitative estimate of drug-likeness (QED) is 0.115. The summed E-state index contributed by atoms with van der Waals surface area (Å²) < 4.78 is 1.79. The summed E-state index contributed by atoms with van der Waals surface area (Å²) in [7, 11) is 0.543. The van der Waals surface area contributed by atoms with Crippen LogP contribution in [0.5, 0.6) is 0 Å². The summed E-state index contributed by atoms with van der Waals surface area (Å²) in [6.07, 6.45) is 14.7. The van der Waals surface area contributed by atoms with Crippen molar-refractivity contribution in [1.29, 1.82) is 0 Å². The third-order valence-corrected chi connectivity index (χ3v) is 17.9. The molecule has 0 radical (unpaired) electrons. The van der Waals surface area contributed by atoms with Gasteiger partial charge in [0.15, 0.2) is 0 Å². The minimum absolute atomic E-state index is 0.323. The Morgan fingerprint density at radius 3 is 2.20 bits per heavy atom. The molecule has 232 valence electrons. The van der Waals surface area contributed by atoms with E-state index >= 15 is 0 Å². The average molecular weight is 688 g/mol. The predicted octanol–water partition coefficient (Wildman–Crippen LogP) is 12.6. The van der Waals surface area contributed by atoms with Gasteiger partial charge in [-0.25, -0.2) is 0 Å². The van der Waals surface area contributed by atoms with Crippen molar-refractivity contribution in [3.8, 4) is 11.1 Å². The molecule has 3 unspecified atom stereocenters. The zero-order valence-electron chi connectivity index (χ0n) is 28.2. The number of allylic oxidation sites excluding steroid dienone is 2. The van der Waals surface area contributed by atoms with Gasteiger partial charge in [-0.1, -0.05) is 24.9 Å². The van der Waals surface area contributed by atoms with E-state index in [0.29, 0.717) is 24.5 Å². The van der Waals surface area contributed by atoms with Gasteiger partial charge in [-0.05, 0) is 0 Å². The predicted molar refractivity (Wildman–Crippen MR) is 198 cm³/mol. The Morgan fingerprint density at radius 2 is 1.49 bits per heavy atom. The van der Waals surface area contributed by atoms with E-state index in [4.69, 9.17) is 0 Å². The van der Waals surface area contributed by atoms with Gasteiger partial charge in [-0.2, -0.15) is 0 Å². The number of benzene rings is 4. The van der Waals surface area contributed by atoms with Crippen molar-refractivity contribution < 1.29 is 23.2 Å². The number of rotatable bonds is 10. The standard InChI is InChI=1S/C35H33.C4H10Si.C4H9.Zr/c1-4-12-31(34-23(3)21-32-27-16-10-9-15-26(27)19-20-30(32)34)35-24(5-2)22-33-28(17-11-18-29(33)35)25-13-7-6-8-14-25;1-2-4-5-3-1;1-3-4-2;/h6-11,13-22,34-35H,4-5,12H2,1-3H3;1-5H2;1,3-4H2,2H3;. The van der Waals surface area contributed by atoms with Gasteiger partial charge < -0.3 is 0 Å². The van der Waals surface area contributed by atoms with Gasteiger partial charge in [0, 0.05) is 9.52 Å². The summed E-state index contributed by atoms with van der Waals surface area (Å²) in [5.41, 5.74) is 12.2. The van der Waals surface area contributed by atoms with Crippen LogP contribution in [-0.4, -0.2) is 9.52 Å². The first kappa shape index (κ1) is 32.7. The second-order valence-electron chi connectivity index (χ2n) is 13.6. The minimum atomic E-state index is -0.802. The average Bonchev–Trinajstić information content (AvgIpc) is 3.85. The maximum atomic E-state index is 2.61. The molecule has 1 saturated heterocycles. The summed E-state index contributed by atoms with van der Waals surface area (Å²) in [4.78, 5) is 0. The van der Waals surface area contributed by atoms with Crippen molar-refractivity contribution in [2.45, 2.75) is 104 Å². The van der Waals surface area contributed by atoms with Gasteiger partial charge in [-0.15, -0.1) is 0 Å². The van der Waals surface area contributed by atoms with E-state index in [1.54, 1.807) is 47.2 Å². The van der Waals surface area contributed by atoms with Gasteiger partial charge in [0.25, 0.3) is 0 Å². The Hall–Kier alpha value is -2.28. The van der Waals surface area contributed by atoms with Crippen LogP contribution in [0, 0.1) is 0 Å². The van der Waals surface area contributed by atoms with E-state index in [1.807, 2.05) is 0 Å². The van der Waals surface area contributed by atoms with Crippen molar-refractivity contribution in [3.05, 3.63) is 118 Å². The molecule has 45 heavy (non-hydrogen) atoms. The molecule has 0 bridgehead atoms. The van der Waals surface area contributed by atoms with E-state index in [2.05, 4.69) is 125 Å². The van der Waals surface area contributed by atoms with Crippen LogP contribution in [0.3, 0.4) is 0 Å². The van der Waals surface area contributed by atoms with Crippen molar-refractivity contribution in [2.24, 2.45) is 0 Å². The molecule has 1 aliphatic heterocycles. The first-order chi connectivity index (χ1) is 22.1. The van der Waals surface area contributed by atoms with Crippen LogP contribution < -0.4 is 0 Å². The number of hydrogen-bond acceptors (Lipinski definition) is 0. The SMILES string of the molecule is C1CC[SiH2]C1.CCC[CH2][Zr][C](CCC)(C1C(CC)=Cc2c(-c3ccccc3)cccc21)C1C(C)=Cc2c1ccc1ccccc21. The summed E-state index contributed by atoms with van der Waals surface area (Å²) in [5.74, 6) is 1.03. The van der Waals surface area contributed by atoms with Crippen molar-refractivity contribution >= 4 is 32.4 Å². The Morgan fingerprint density at radius 1 is 0.733 bits per heavy atom.